The Morgan fingerprint density at radius 1 is 1.38 bits per heavy atom. The largest absolute Gasteiger partial charge is 0.496 e. The van der Waals surface area contributed by atoms with Crippen molar-refractivity contribution in [1.82, 2.24) is 9.71 Å². The summed E-state index contributed by atoms with van der Waals surface area (Å²) >= 11 is 1.06. The Morgan fingerprint density at radius 2 is 2.12 bits per heavy atom. The van der Waals surface area contributed by atoms with Gasteiger partial charge in [0.1, 0.15) is 5.75 Å². The van der Waals surface area contributed by atoms with E-state index >= 15 is 0 Å². The van der Waals surface area contributed by atoms with Crippen LogP contribution in [0.3, 0.4) is 0 Å². The molecule has 0 radical (unpaired) electrons. The number of nitrogens with one attached hydrogen (secondary N) is 1. The molecule has 0 bridgehead atoms. The molecule has 128 valence electrons. The highest BCUT2D eigenvalue weighted by molar-refractivity contribution is 7.92. The van der Waals surface area contributed by atoms with Gasteiger partial charge in [0, 0.05) is 0 Å². The molecule has 24 heavy (non-hydrogen) atoms. The number of aromatic nitrogens is 1. The molecule has 1 amide bonds. The highest BCUT2D eigenvalue weighted by Gasteiger charge is 2.33. The minimum absolute atomic E-state index is 0.0946. The Balaban J connectivity index is 1.86. The van der Waals surface area contributed by atoms with Crippen LogP contribution in [-0.2, 0) is 21.2 Å². The number of hydrogen-bond acceptors (Lipinski definition) is 6. The van der Waals surface area contributed by atoms with Crippen molar-refractivity contribution < 1.29 is 17.9 Å². The van der Waals surface area contributed by atoms with Crippen molar-refractivity contribution in [2.24, 2.45) is 0 Å². The first kappa shape index (κ1) is 16.9. The fourth-order valence-electron chi connectivity index (χ4n) is 3.10. The summed E-state index contributed by atoms with van der Waals surface area (Å²) in [5.74, 6) is -0.258. The van der Waals surface area contributed by atoms with Gasteiger partial charge in [-0.15, -0.1) is 11.3 Å². The molecule has 2 aromatic rings. The van der Waals surface area contributed by atoms with Gasteiger partial charge in [-0.3, -0.25) is 4.79 Å². The quantitative estimate of drug-likeness (QED) is 0.897. The molecule has 1 aliphatic rings. The van der Waals surface area contributed by atoms with Crippen molar-refractivity contribution in [2.75, 3.05) is 7.11 Å². The van der Waals surface area contributed by atoms with E-state index in [1.54, 1.807) is 21.0 Å². The molecule has 1 heterocycles. The zero-order valence-corrected chi connectivity index (χ0v) is 15.3. The van der Waals surface area contributed by atoms with E-state index in [-0.39, 0.29) is 4.21 Å². The van der Waals surface area contributed by atoms with Crippen molar-refractivity contribution in [3.05, 3.63) is 40.0 Å². The lowest BCUT2D eigenvalue weighted by molar-refractivity contribution is -0.120. The SMILES string of the molecule is COc1cccc2c1CCC2C(=O)NS(=O)(=O)c1sc(C)nc1C. The average molecular weight is 366 g/mol. The zero-order valence-electron chi connectivity index (χ0n) is 13.6. The number of methoxy groups -OCH3 is 1. The van der Waals surface area contributed by atoms with E-state index in [9.17, 15) is 13.2 Å². The number of carbonyl (C=O) groups excluding carboxylic acids is 1. The molecule has 1 aliphatic carbocycles. The summed E-state index contributed by atoms with van der Waals surface area (Å²) in [6, 6.07) is 5.51. The third-order valence-corrected chi connectivity index (χ3v) is 7.13. The highest BCUT2D eigenvalue weighted by atomic mass is 32.2. The highest BCUT2D eigenvalue weighted by Crippen LogP contribution is 2.38. The minimum atomic E-state index is -3.90. The molecule has 1 N–H and O–H groups in total. The lowest BCUT2D eigenvalue weighted by Gasteiger charge is -2.13. The van der Waals surface area contributed by atoms with Crippen LogP contribution in [0, 0.1) is 13.8 Å². The molecule has 3 rings (SSSR count). The molecule has 0 saturated carbocycles. The Morgan fingerprint density at radius 3 is 2.75 bits per heavy atom. The van der Waals surface area contributed by atoms with Crippen molar-refractivity contribution >= 4 is 27.3 Å². The van der Waals surface area contributed by atoms with E-state index in [0.29, 0.717) is 23.5 Å². The van der Waals surface area contributed by atoms with E-state index < -0.39 is 21.8 Å². The molecule has 0 aliphatic heterocycles. The van der Waals surface area contributed by atoms with Gasteiger partial charge in [-0.2, -0.15) is 0 Å². The first-order chi connectivity index (χ1) is 11.3. The van der Waals surface area contributed by atoms with E-state index in [1.807, 2.05) is 18.2 Å². The van der Waals surface area contributed by atoms with E-state index in [0.717, 1.165) is 28.2 Å². The monoisotopic (exact) mass is 366 g/mol. The molecule has 1 atom stereocenters. The van der Waals surface area contributed by atoms with Gasteiger partial charge >= 0.3 is 0 Å². The first-order valence-electron chi connectivity index (χ1n) is 7.50. The van der Waals surface area contributed by atoms with Crippen LogP contribution in [0.15, 0.2) is 22.4 Å². The fraction of sp³-hybridized carbons (Fsp3) is 0.375. The Kier molecular flexibility index (Phi) is 4.35. The number of hydrogen-bond donors (Lipinski definition) is 1. The molecule has 8 heteroatoms. The third kappa shape index (κ3) is 2.91. The van der Waals surface area contributed by atoms with Gasteiger partial charge in [-0.25, -0.2) is 18.1 Å². The van der Waals surface area contributed by atoms with Gasteiger partial charge in [0.15, 0.2) is 4.21 Å². The van der Waals surface area contributed by atoms with Crippen molar-refractivity contribution in [1.29, 1.82) is 0 Å². The minimum Gasteiger partial charge on any atom is -0.496 e. The Hall–Kier alpha value is -1.93. The fourth-order valence-corrected chi connectivity index (χ4v) is 5.60. The lowest BCUT2D eigenvalue weighted by atomic mass is 10.0. The second kappa shape index (κ2) is 6.18. The summed E-state index contributed by atoms with van der Waals surface area (Å²) in [6.45, 7) is 3.36. The number of benzene rings is 1. The first-order valence-corrected chi connectivity index (χ1v) is 9.80. The summed E-state index contributed by atoms with van der Waals surface area (Å²) in [4.78, 5) is 16.7. The number of aryl methyl sites for hydroxylation is 2. The van der Waals surface area contributed by atoms with Crippen LogP contribution >= 0.6 is 11.3 Å². The maximum atomic E-state index is 12.6. The Bertz CT molecular complexity index is 903. The van der Waals surface area contributed by atoms with Crippen LogP contribution in [0.2, 0.25) is 0 Å². The second-order valence-electron chi connectivity index (χ2n) is 5.69. The van der Waals surface area contributed by atoms with Crippen LogP contribution in [0.5, 0.6) is 5.75 Å². The molecule has 1 aromatic heterocycles. The van der Waals surface area contributed by atoms with Gasteiger partial charge in [0.05, 0.1) is 23.7 Å². The topological polar surface area (TPSA) is 85.4 Å². The van der Waals surface area contributed by atoms with Crippen molar-refractivity contribution in [3.8, 4) is 5.75 Å². The van der Waals surface area contributed by atoms with E-state index in [1.165, 1.54) is 0 Å². The zero-order chi connectivity index (χ0) is 17.5. The number of rotatable bonds is 4. The molecular weight excluding hydrogens is 348 g/mol. The van der Waals surface area contributed by atoms with Crippen molar-refractivity contribution in [3.63, 3.8) is 0 Å². The lowest BCUT2D eigenvalue weighted by Crippen LogP contribution is -2.34. The van der Waals surface area contributed by atoms with Gasteiger partial charge in [0.2, 0.25) is 5.91 Å². The van der Waals surface area contributed by atoms with Gasteiger partial charge in [0.25, 0.3) is 10.0 Å². The van der Waals surface area contributed by atoms with Crippen LogP contribution in [0.4, 0.5) is 0 Å². The number of sulfonamides is 1. The van der Waals surface area contributed by atoms with Crippen LogP contribution in [-0.4, -0.2) is 26.4 Å². The summed E-state index contributed by atoms with van der Waals surface area (Å²) < 4.78 is 32.6. The summed E-state index contributed by atoms with van der Waals surface area (Å²) in [7, 11) is -2.31. The second-order valence-corrected chi connectivity index (χ2v) is 8.78. The molecule has 0 spiro atoms. The predicted octanol–water partition coefficient (Wildman–Crippen LogP) is 2.30. The van der Waals surface area contributed by atoms with Crippen molar-refractivity contribution in [2.45, 2.75) is 36.8 Å². The smallest absolute Gasteiger partial charge is 0.275 e. The average Bonchev–Trinajstić information content (AvgIpc) is 3.09. The van der Waals surface area contributed by atoms with Crippen LogP contribution < -0.4 is 9.46 Å². The molecule has 1 unspecified atom stereocenters. The summed E-state index contributed by atoms with van der Waals surface area (Å²) in [5, 5.41) is 0.649. The van der Waals surface area contributed by atoms with E-state index in [2.05, 4.69) is 9.71 Å². The summed E-state index contributed by atoms with van der Waals surface area (Å²) in [6.07, 6.45) is 1.26. The molecule has 1 aromatic carbocycles. The number of ether oxygens (including phenoxy) is 1. The third-order valence-electron chi connectivity index (χ3n) is 4.10. The number of amides is 1. The Labute approximate surface area is 144 Å². The molecule has 0 fully saturated rings. The number of carbonyl (C=O) groups is 1. The molecular formula is C16H18N2O4S2. The number of nitrogens with zero attached hydrogens (tertiary/aromatic N) is 1. The molecule has 0 saturated heterocycles. The molecule has 6 nitrogen and oxygen atoms in total. The maximum absolute atomic E-state index is 12.6. The van der Waals surface area contributed by atoms with Crippen LogP contribution in [0.25, 0.3) is 0 Å². The van der Waals surface area contributed by atoms with Crippen LogP contribution in [0.1, 0.15) is 34.2 Å². The normalized spacial score (nSPS) is 16.7. The van der Waals surface area contributed by atoms with E-state index in [4.69, 9.17) is 4.74 Å². The van der Waals surface area contributed by atoms with Gasteiger partial charge in [-0.05, 0) is 43.9 Å². The maximum Gasteiger partial charge on any atom is 0.275 e. The number of fused-ring (bicyclic) bond motifs is 1. The predicted molar refractivity (Wildman–Crippen MR) is 91.0 cm³/mol. The van der Waals surface area contributed by atoms with Gasteiger partial charge < -0.3 is 4.74 Å². The standard InChI is InChI=1S/C16H18N2O4S2/c1-9-16(23-10(2)17-9)24(20,21)18-15(19)13-8-7-12-11(13)5-4-6-14(12)22-3/h4-6,13H,7-8H2,1-3H3,(H,18,19). The number of thiazole rings is 1. The summed E-state index contributed by atoms with van der Waals surface area (Å²) in [5.41, 5.74) is 2.22. The van der Waals surface area contributed by atoms with Gasteiger partial charge in [-0.1, -0.05) is 12.1 Å².